The highest BCUT2D eigenvalue weighted by Gasteiger charge is 2.10. The topological polar surface area (TPSA) is 84.5 Å². The predicted molar refractivity (Wildman–Crippen MR) is 98.7 cm³/mol. The molecule has 2 aromatic rings. The number of carbonyl (C=O) groups is 1. The van der Waals surface area contributed by atoms with Gasteiger partial charge in [0.05, 0.1) is 18.5 Å². The van der Waals surface area contributed by atoms with E-state index in [1.165, 1.54) is 6.07 Å². The van der Waals surface area contributed by atoms with Crippen molar-refractivity contribution >= 4 is 21.6 Å². The average Bonchev–Trinajstić information content (AvgIpc) is 2.52. The van der Waals surface area contributed by atoms with Gasteiger partial charge in [-0.05, 0) is 49.2 Å². The second-order valence-corrected chi connectivity index (χ2v) is 7.57. The zero-order chi connectivity index (χ0) is 18.4. The van der Waals surface area contributed by atoms with Crippen LogP contribution >= 0.6 is 0 Å². The summed E-state index contributed by atoms with van der Waals surface area (Å²) in [5.74, 6) is 0.466. The van der Waals surface area contributed by atoms with Crippen molar-refractivity contribution in [2.75, 3.05) is 24.1 Å². The molecule has 0 heterocycles. The molecule has 0 bridgehead atoms. The maximum absolute atomic E-state index is 12.2. The number of benzene rings is 2. The van der Waals surface area contributed by atoms with Gasteiger partial charge >= 0.3 is 0 Å². The number of carbonyl (C=O) groups excluding carboxylic acids is 1. The first-order chi connectivity index (χ1) is 11.7. The number of nitrogens with one attached hydrogen (secondary N) is 2. The summed E-state index contributed by atoms with van der Waals surface area (Å²) in [7, 11) is -3.40. The normalized spacial score (nSPS) is 11.0. The fourth-order valence-electron chi connectivity index (χ4n) is 2.21. The number of amides is 1. The Bertz CT molecular complexity index is 863. The van der Waals surface area contributed by atoms with E-state index in [-0.39, 0.29) is 5.91 Å². The Hall–Kier alpha value is -2.54. The lowest BCUT2D eigenvalue weighted by molar-refractivity contribution is 0.0947. The number of rotatable bonds is 7. The van der Waals surface area contributed by atoms with Crippen LogP contribution in [0.3, 0.4) is 0 Å². The molecular formula is C18H22N2O4S. The Labute approximate surface area is 148 Å². The van der Waals surface area contributed by atoms with Crippen molar-refractivity contribution < 1.29 is 17.9 Å². The van der Waals surface area contributed by atoms with Gasteiger partial charge in [-0.1, -0.05) is 18.2 Å². The summed E-state index contributed by atoms with van der Waals surface area (Å²) in [5, 5.41) is 2.75. The van der Waals surface area contributed by atoms with E-state index >= 15 is 0 Å². The van der Waals surface area contributed by atoms with Crippen LogP contribution in [0.4, 0.5) is 5.69 Å². The zero-order valence-corrected chi connectivity index (χ0v) is 15.3. The highest BCUT2D eigenvalue weighted by atomic mass is 32.2. The molecule has 1 amide bonds. The van der Waals surface area contributed by atoms with Crippen molar-refractivity contribution in [3.05, 3.63) is 59.2 Å². The van der Waals surface area contributed by atoms with Crippen LogP contribution in [0.5, 0.6) is 5.75 Å². The van der Waals surface area contributed by atoms with Crippen LogP contribution in [-0.2, 0) is 10.0 Å². The molecule has 25 heavy (non-hydrogen) atoms. The monoisotopic (exact) mass is 362 g/mol. The summed E-state index contributed by atoms with van der Waals surface area (Å²) in [4.78, 5) is 12.2. The van der Waals surface area contributed by atoms with Crippen molar-refractivity contribution in [3.8, 4) is 5.75 Å². The minimum atomic E-state index is -3.40. The van der Waals surface area contributed by atoms with Gasteiger partial charge in [0, 0.05) is 5.56 Å². The van der Waals surface area contributed by atoms with Crippen molar-refractivity contribution in [1.29, 1.82) is 0 Å². The molecule has 2 aromatic carbocycles. The predicted octanol–water partition coefficient (Wildman–Crippen LogP) is 2.48. The first-order valence-electron chi connectivity index (χ1n) is 7.81. The third-order valence-corrected chi connectivity index (χ3v) is 4.03. The molecule has 0 aromatic heterocycles. The Morgan fingerprint density at radius 2 is 1.88 bits per heavy atom. The SMILES string of the molecule is Cc1cccc(OCCNC(=O)c2ccc(C)c(NS(C)(=O)=O)c2)c1. The van der Waals surface area contributed by atoms with Crippen molar-refractivity contribution in [2.24, 2.45) is 0 Å². The summed E-state index contributed by atoms with van der Waals surface area (Å²) in [5.41, 5.74) is 2.62. The maximum Gasteiger partial charge on any atom is 0.251 e. The molecule has 0 aliphatic heterocycles. The van der Waals surface area contributed by atoms with Crippen molar-refractivity contribution in [3.63, 3.8) is 0 Å². The van der Waals surface area contributed by atoms with Crippen LogP contribution in [0.15, 0.2) is 42.5 Å². The average molecular weight is 362 g/mol. The summed E-state index contributed by atoms with van der Waals surface area (Å²) in [6.45, 7) is 4.43. The Kier molecular flexibility index (Phi) is 6.03. The minimum absolute atomic E-state index is 0.288. The standard InChI is InChI=1S/C18H22N2O4S/c1-13-5-4-6-16(11-13)24-10-9-19-18(21)15-8-7-14(2)17(12-15)20-25(3,22)23/h4-8,11-12,20H,9-10H2,1-3H3,(H,19,21). The van der Waals surface area contributed by atoms with Crippen LogP contribution in [0.2, 0.25) is 0 Å². The molecule has 134 valence electrons. The molecule has 6 nitrogen and oxygen atoms in total. The number of sulfonamides is 1. The highest BCUT2D eigenvalue weighted by molar-refractivity contribution is 7.92. The smallest absolute Gasteiger partial charge is 0.251 e. The molecule has 0 fully saturated rings. The Morgan fingerprint density at radius 1 is 1.12 bits per heavy atom. The molecule has 0 spiro atoms. The summed E-state index contributed by atoms with van der Waals surface area (Å²) < 4.78 is 30.7. The van der Waals surface area contributed by atoms with Gasteiger partial charge < -0.3 is 10.1 Å². The molecule has 2 rings (SSSR count). The second-order valence-electron chi connectivity index (χ2n) is 5.82. The molecule has 0 unspecified atom stereocenters. The van der Waals surface area contributed by atoms with E-state index < -0.39 is 10.0 Å². The van der Waals surface area contributed by atoms with Gasteiger partial charge in [-0.2, -0.15) is 0 Å². The molecule has 2 N–H and O–H groups in total. The molecule has 7 heteroatoms. The number of hydrogen-bond donors (Lipinski definition) is 2. The third kappa shape index (κ3) is 6.11. The number of anilines is 1. The fraction of sp³-hybridized carbons (Fsp3) is 0.278. The number of aryl methyl sites for hydroxylation is 2. The maximum atomic E-state index is 12.2. The molecule has 0 saturated carbocycles. The third-order valence-electron chi connectivity index (χ3n) is 3.44. The van der Waals surface area contributed by atoms with Crippen LogP contribution < -0.4 is 14.8 Å². The largest absolute Gasteiger partial charge is 0.492 e. The second kappa shape index (κ2) is 8.02. The summed E-state index contributed by atoms with van der Waals surface area (Å²) in [6.07, 6.45) is 1.07. The van der Waals surface area contributed by atoms with Gasteiger partial charge in [0.1, 0.15) is 12.4 Å². The lowest BCUT2D eigenvalue weighted by Gasteiger charge is -2.11. The van der Waals surface area contributed by atoms with Gasteiger partial charge in [-0.3, -0.25) is 9.52 Å². The lowest BCUT2D eigenvalue weighted by atomic mass is 10.1. The summed E-state index contributed by atoms with van der Waals surface area (Å²) in [6, 6.07) is 12.5. The van der Waals surface area contributed by atoms with E-state index in [0.29, 0.717) is 24.4 Å². The van der Waals surface area contributed by atoms with E-state index in [2.05, 4.69) is 10.0 Å². The fourth-order valence-corrected chi connectivity index (χ4v) is 2.83. The van der Waals surface area contributed by atoms with Crippen LogP contribution in [0, 0.1) is 13.8 Å². The van der Waals surface area contributed by atoms with E-state index in [4.69, 9.17) is 4.74 Å². The van der Waals surface area contributed by atoms with Gasteiger partial charge in [-0.25, -0.2) is 8.42 Å². The Balaban J connectivity index is 1.91. The Morgan fingerprint density at radius 3 is 2.56 bits per heavy atom. The van der Waals surface area contributed by atoms with Crippen LogP contribution in [0.25, 0.3) is 0 Å². The van der Waals surface area contributed by atoms with Gasteiger partial charge in [-0.15, -0.1) is 0 Å². The quantitative estimate of drug-likeness (QED) is 0.741. The van der Waals surface area contributed by atoms with Gasteiger partial charge in [0.15, 0.2) is 0 Å². The molecule has 0 atom stereocenters. The molecule has 0 aliphatic carbocycles. The van der Waals surface area contributed by atoms with E-state index in [0.717, 1.165) is 23.1 Å². The highest BCUT2D eigenvalue weighted by Crippen LogP contribution is 2.18. The van der Waals surface area contributed by atoms with Crippen molar-refractivity contribution in [1.82, 2.24) is 5.32 Å². The zero-order valence-electron chi connectivity index (χ0n) is 14.5. The van der Waals surface area contributed by atoms with E-state index in [1.807, 2.05) is 31.2 Å². The molecular weight excluding hydrogens is 340 g/mol. The van der Waals surface area contributed by atoms with Crippen molar-refractivity contribution in [2.45, 2.75) is 13.8 Å². The number of ether oxygens (including phenoxy) is 1. The van der Waals surface area contributed by atoms with Crippen LogP contribution in [-0.4, -0.2) is 33.7 Å². The first kappa shape index (κ1) is 18.8. The van der Waals surface area contributed by atoms with Gasteiger partial charge in [0.25, 0.3) is 5.91 Å². The first-order valence-corrected chi connectivity index (χ1v) is 9.70. The molecule has 0 aliphatic rings. The van der Waals surface area contributed by atoms with Gasteiger partial charge in [0.2, 0.25) is 10.0 Å². The van der Waals surface area contributed by atoms with E-state index in [9.17, 15) is 13.2 Å². The lowest BCUT2D eigenvalue weighted by Crippen LogP contribution is -2.28. The number of hydrogen-bond acceptors (Lipinski definition) is 4. The van der Waals surface area contributed by atoms with E-state index in [1.54, 1.807) is 19.1 Å². The molecule has 0 radical (unpaired) electrons. The summed E-state index contributed by atoms with van der Waals surface area (Å²) >= 11 is 0. The van der Waals surface area contributed by atoms with Crippen LogP contribution in [0.1, 0.15) is 21.5 Å². The molecule has 0 saturated heterocycles. The minimum Gasteiger partial charge on any atom is -0.492 e.